The smallest absolute Gasteiger partial charge is 0.119 e. The summed E-state index contributed by atoms with van der Waals surface area (Å²) in [7, 11) is 0. The molecule has 2 aromatic rings. The lowest BCUT2D eigenvalue weighted by Gasteiger charge is -2.35. The first-order chi connectivity index (χ1) is 11.9. The Morgan fingerprint density at radius 1 is 0.600 bits per heavy atom. The molecule has 2 heteroatoms. The van der Waals surface area contributed by atoms with Crippen LogP contribution in [0, 0.1) is 10.8 Å². The minimum atomic E-state index is 0.241. The highest BCUT2D eigenvalue weighted by molar-refractivity contribution is 5.21. The van der Waals surface area contributed by atoms with Gasteiger partial charge in [0.2, 0.25) is 0 Å². The lowest BCUT2D eigenvalue weighted by molar-refractivity contribution is 0.128. The van der Waals surface area contributed by atoms with Gasteiger partial charge in [-0.25, -0.2) is 0 Å². The lowest BCUT2D eigenvalue weighted by Crippen LogP contribution is -2.26. The first kappa shape index (κ1) is 19.4. The summed E-state index contributed by atoms with van der Waals surface area (Å²) in [6.45, 7) is 10.9. The summed E-state index contributed by atoms with van der Waals surface area (Å²) in [5, 5.41) is 0. The number of ether oxygens (including phenoxy) is 2. The lowest BCUT2D eigenvalue weighted by atomic mass is 9.72. The van der Waals surface area contributed by atoms with Gasteiger partial charge in [-0.05, 0) is 54.4 Å². The second kappa shape index (κ2) is 8.94. The van der Waals surface area contributed by atoms with Crippen molar-refractivity contribution < 1.29 is 9.47 Å². The van der Waals surface area contributed by atoms with Crippen molar-refractivity contribution >= 4 is 0 Å². The van der Waals surface area contributed by atoms with Crippen LogP contribution in [0.2, 0.25) is 0 Å². The van der Waals surface area contributed by atoms with Crippen LogP contribution in [0.1, 0.15) is 47.0 Å². The summed E-state index contributed by atoms with van der Waals surface area (Å²) in [6.07, 6.45) is 3.24. The fourth-order valence-corrected chi connectivity index (χ4v) is 3.40. The highest BCUT2D eigenvalue weighted by Crippen LogP contribution is 2.38. The molecule has 0 saturated heterocycles. The van der Waals surface area contributed by atoms with E-state index in [-0.39, 0.29) is 10.8 Å². The maximum atomic E-state index is 5.87. The predicted octanol–water partition coefficient (Wildman–Crippen LogP) is 6.37. The summed E-state index contributed by atoms with van der Waals surface area (Å²) in [5.41, 5.74) is 0.482. The monoisotopic (exact) mass is 340 g/mol. The number of hydrogen-bond donors (Lipinski definition) is 0. The molecular weight excluding hydrogens is 308 g/mol. The molecule has 136 valence electrons. The topological polar surface area (TPSA) is 18.5 Å². The predicted molar refractivity (Wildman–Crippen MR) is 105 cm³/mol. The van der Waals surface area contributed by atoms with Crippen LogP contribution in [0.25, 0.3) is 0 Å². The van der Waals surface area contributed by atoms with Crippen LogP contribution >= 0.6 is 0 Å². The van der Waals surface area contributed by atoms with Crippen molar-refractivity contribution in [3.05, 3.63) is 60.7 Å². The van der Waals surface area contributed by atoms with E-state index in [1.54, 1.807) is 0 Å². The first-order valence-electron chi connectivity index (χ1n) is 9.22. The molecule has 0 aliphatic rings. The van der Waals surface area contributed by atoms with Crippen molar-refractivity contribution in [2.45, 2.75) is 47.0 Å². The third-order valence-corrected chi connectivity index (χ3v) is 4.54. The molecule has 0 unspecified atom stereocenters. The number of hydrogen-bond acceptors (Lipinski definition) is 2. The number of para-hydroxylation sites is 2. The number of rotatable bonds is 10. The van der Waals surface area contributed by atoms with Crippen LogP contribution < -0.4 is 9.47 Å². The molecule has 0 N–H and O–H groups in total. The van der Waals surface area contributed by atoms with E-state index in [4.69, 9.17) is 9.47 Å². The van der Waals surface area contributed by atoms with Crippen molar-refractivity contribution in [2.75, 3.05) is 13.2 Å². The largest absolute Gasteiger partial charge is 0.494 e. The van der Waals surface area contributed by atoms with Gasteiger partial charge in [0.25, 0.3) is 0 Å². The molecule has 25 heavy (non-hydrogen) atoms. The zero-order chi connectivity index (χ0) is 18.2. The average Bonchev–Trinajstić information content (AvgIpc) is 2.55. The van der Waals surface area contributed by atoms with Crippen LogP contribution in [-0.4, -0.2) is 13.2 Å². The molecule has 2 aromatic carbocycles. The Hall–Kier alpha value is -1.96. The molecule has 0 aliphatic carbocycles. The van der Waals surface area contributed by atoms with Gasteiger partial charge in [-0.1, -0.05) is 64.1 Å². The summed E-state index contributed by atoms with van der Waals surface area (Å²) < 4.78 is 11.7. The van der Waals surface area contributed by atoms with Crippen molar-refractivity contribution in [3.8, 4) is 11.5 Å². The standard InChI is InChI=1S/C23H32O2/c1-22(2,15-17-24-20-11-7-5-8-12-20)19-23(3,4)16-18-25-21-13-9-6-10-14-21/h5-14H,15-19H2,1-4H3. The van der Waals surface area contributed by atoms with Crippen LogP contribution in [0.4, 0.5) is 0 Å². The fourth-order valence-electron chi connectivity index (χ4n) is 3.40. The van der Waals surface area contributed by atoms with E-state index < -0.39 is 0 Å². The van der Waals surface area contributed by atoms with Crippen molar-refractivity contribution in [2.24, 2.45) is 10.8 Å². The average molecular weight is 341 g/mol. The Morgan fingerprint density at radius 3 is 1.32 bits per heavy atom. The highest BCUT2D eigenvalue weighted by Gasteiger charge is 2.28. The fraction of sp³-hybridized carbons (Fsp3) is 0.478. The van der Waals surface area contributed by atoms with Gasteiger partial charge in [0.05, 0.1) is 13.2 Å². The summed E-state index contributed by atoms with van der Waals surface area (Å²) in [5.74, 6) is 1.91. The van der Waals surface area contributed by atoms with Gasteiger partial charge in [-0.2, -0.15) is 0 Å². The third kappa shape index (κ3) is 7.64. The second-order valence-electron chi connectivity index (χ2n) is 8.33. The molecule has 0 radical (unpaired) electrons. The molecule has 0 aliphatic heterocycles. The van der Waals surface area contributed by atoms with Crippen molar-refractivity contribution in [3.63, 3.8) is 0 Å². The van der Waals surface area contributed by atoms with Gasteiger partial charge < -0.3 is 9.47 Å². The van der Waals surface area contributed by atoms with Gasteiger partial charge >= 0.3 is 0 Å². The van der Waals surface area contributed by atoms with Crippen molar-refractivity contribution in [1.82, 2.24) is 0 Å². The Morgan fingerprint density at radius 2 is 0.960 bits per heavy atom. The molecule has 0 heterocycles. The minimum absolute atomic E-state index is 0.241. The van der Waals surface area contributed by atoms with E-state index in [0.29, 0.717) is 0 Å². The van der Waals surface area contributed by atoms with Crippen LogP contribution in [0.5, 0.6) is 11.5 Å². The molecule has 0 aromatic heterocycles. The third-order valence-electron chi connectivity index (χ3n) is 4.54. The van der Waals surface area contributed by atoms with E-state index in [1.807, 2.05) is 60.7 Å². The minimum Gasteiger partial charge on any atom is -0.494 e. The first-order valence-corrected chi connectivity index (χ1v) is 9.22. The molecule has 0 saturated carbocycles. The molecule has 0 spiro atoms. The Kier molecular flexibility index (Phi) is 6.92. The highest BCUT2D eigenvalue weighted by atomic mass is 16.5. The maximum absolute atomic E-state index is 5.87. The quantitative estimate of drug-likeness (QED) is 0.500. The molecule has 0 atom stereocenters. The van der Waals surface area contributed by atoms with Crippen LogP contribution in [0.15, 0.2) is 60.7 Å². The van der Waals surface area contributed by atoms with Gasteiger partial charge in [0, 0.05) is 0 Å². The molecule has 2 nitrogen and oxygen atoms in total. The summed E-state index contributed by atoms with van der Waals surface area (Å²) in [6, 6.07) is 20.1. The summed E-state index contributed by atoms with van der Waals surface area (Å²) >= 11 is 0. The van der Waals surface area contributed by atoms with Gasteiger partial charge in [-0.3, -0.25) is 0 Å². The van der Waals surface area contributed by atoms with E-state index >= 15 is 0 Å². The Labute approximate surface area is 153 Å². The molecule has 0 amide bonds. The molecule has 0 bridgehead atoms. The molecule has 0 fully saturated rings. The normalized spacial score (nSPS) is 12.0. The van der Waals surface area contributed by atoms with Crippen LogP contribution in [-0.2, 0) is 0 Å². The Bertz CT molecular complexity index is 547. The van der Waals surface area contributed by atoms with E-state index in [9.17, 15) is 0 Å². The van der Waals surface area contributed by atoms with E-state index in [2.05, 4.69) is 27.7 Å². The second-order valence-corrected chi connectivity index (χ2v) is 8.33. The van der Waals surface area contributed by atoms with Gasteiger partial charge in [0.15, 0.2) is 0 Å². The molecular formula is C23H32O2. The zero-order valence-corrected chi connectivity index (χ0v) is 16.1. The molecule has 2 rings (SSSR count). The van der Waals surface area contributed by atoms with E-state index in [0.717, 1.165) is 44.0 Å². The summed E-state index contributed by atoms with van der Waals surface area (Å²) in [4.78, 5) is 0. The van der Waals surface area contributed by atoms with Gasteiger partial charge in [-0.15, -0.1) is 0 Å². The van der Waals surface area contributed by atoms with Gasteiger partial charge in [0.1, 0.15) is 11.5 Å². The van der Waals surface area contributed by atoms with E-state index in [1.165, 1.54) is 0 Å². The van der Waals surface area contributed by atoms with Crippen LogP contribution in [0.3, 0.4) is 0 Å². The maximum Gasteiger partial charge on any atom is 0.119 e. The zero-order valence-electron chi connectivity index (χ0n) is 16.1. The SMILES string of the molecule is CC(C)(CCOc1ccccc1)CC(C)(C)CCOc1ccccc1. The van der Waals surface area contributed by atoms with Crippen molar-refractivity contribution in [1.29, 1.82) is 0 Å². The Balaban J connectivity index is 1.73. The number of benzene rings is 2.